The Kier molecular flexibility index (Phi) is 5.43. The van der Waals surface area contributed by atoms with Crippen molar-refractivity contribution in [3.05, 3.63) is 75.8 Å². The van der Waals surface area contributed by atoms with Crippen LogP contribution < -0.4 is 4.83 Å². The van der Waals surface area contributed by atoms with Gasteiger partial charge >= 0.3 is 0 Å². The normalized spacial score (nSPS) is 12.3. The molecule has 7 nitrogen and oxygen atoms in total. The van der Waals surface area contributed by atoms with Crippen LogP contribution in [0, 0.1) is 10.1 Å². The van der Waals surface area contributed by atoms with Crippen molar-refractivity contribution in [1.29, 1.82) is 0 Å². The molecule has 0 radical (unpaired) electrons. The second-order valence-electron chi connectivity index (χ2n) is 4.91. The van der Waals surface area contributed by atoms with Crippen LogP contribution in [0.25, 0.3) is 6.08 Å². The summed E-state index contributed by atoms with van der Waals surface area (Å²) >= 11 is 0. The lowest BCUT2D eigenvalue weighted by Crippen LogP contribution is -2.18. The average Bonchev–Trinajstić information content (AvgIpc) is 2.55. The zero-order valence-electron chi connectivity index (χ0n) is 12.8. The maximum absolute atomic E-state index is 12.1. The number of sulfonamides is 1. The Morgan fingerprint density at radius 1 is 1.17 bits per heavy atom. The number of hydrogen-bond acceptors (Lipinski definition) is 5. The van der Waals surface area contributed by atoms with Gasteiger partial charge in [0.2, 0.25) is 0 Å². The summed E-state index contributed by atoms with van der Waals surface area (Å²) in [6, 6.07) is 14.2. The number of nitrogens with one attached hydrogen (secondary N) is 1. The van der Waals surface area contributed by atoms with E-state index in [-0.39, 0.29) is 10.6 Å². The summed E-state index contributed by atoms with van der Waals surface area (Å²) in [4.78, 5) is 11.9. The van der Waals surface area contributed by atoms with Gasteiger partial charge in [-0.3, -0.25) is 10.1 Å². The molecule has 24 heavy (non-hydrogen) atoms. The summed E-state index contributed by atoms with van der Waals surface area (Å²) in [5.74, 6) is 0. The van der Waals surface area contributed by atoms with Crippen molar-refractivity contribution < 1.29 is 13.3 Å². The Balaban J connectivity index is 2.11. The highest BCUT2D eigenvalue weighted by molar-refractivity contribution is 7.89. The lowest BCUT2D eigenvalue weighted by atomic mass is 10.1. The average molecular weight is 345 g/mol. The fourth-order valence-electron chi connectivity index (χ4n) is 1.86. The van der Waals surface area contributed by atoms with Crippen molar-refractivity contribution in [3.63, 3.8) is 0 Å². The highest BCUT2D eigenvalue weighted by Gasteiger charge is 2.16. The first-order valence-electron chi connectivity index (χ1n) is 6.91. The van der Waals surface area contributed by atoms with E-state index in [4.69, 9.17) is 0 Å². The van der Waals surface area contributed by atoms with Crippen molar-refractivity contribution >= 4 is 28.0 Å². The van der Waals surface area contributed by atoms with Crippen LogP contribution in [0.4, 0.5) is 5.69 Å². The minimum Gasteiger partial charge on any atom is -0.258 e. The molecular weight excluding hydrogens is 330 g/mol. The molecule has 0 aliphatic carbocycles. The molecule has 2 aromatic carbocycles. The predicted octanol–water partition coefficient (Wildman–Crippen LogP) is 2.96. The molecule has 0 aromatic heterocycles. The van der Waals surface area contributed by atoms with Crippen LogP contribution in [-0.2, 0) is 10.0 Å². The van der Waals surface area contributed by atoms with Crippen molar-refractivity contribution in [2.24, 2.45) is 5.10 Å². The number of benzene rings is 2. The third kappa shape index (κ3) is 4.75. The maximum Gasteiger partial charge on any atom is 0.276 e. The fraction of sp³-hybridized carbons (Fsp3) is 0.0625. The Hall–Kier alpha value is -3.00. The van der Waals surface area contributed by atoms with Gasteiger partial charge in [-0.15, -0.1) is 0 Å². The minimum atomic E-state index is -3.96. The first-order chi connectivity index (χ1) is 11.4. The molecule has 124 valence electrons. The topological polar surface area (TPSA) is 102 Å². The van der Waals surface area contributed by atoms with Crippen LogP contribution >= 0.6 is 0 Å². The number of hydrazone groups is 1. The summed E-state index contributed by atoms with van der Waals surface area (Å²) in [6.45, 7) is 1.78. The summed E-state index contributed by atoms with van der Waals surface area (Å²) in [6.07, 6.45) is 3.20. The molecular formula is C16H15N3O4S. The van der Waals surface area contributed by atoms with E-state index in [0.717, 1.165) is 17.2 Å². The van der Waals surface area contributed by atoms with Gasteiger partial charge in [0, 0.05) is 12.1 Å². The number of non-ortho nitro benzene ring substituents is 1. The molecule has 0 aliphatic rings. The van der Waals surface area contributed by atoms with Gasteiger partial charge in [0.05, 0.1) is 16.0 Å². The van der Waals surface area contributed by atoms with Gasteiger partial charge in [-0.1, -0.05) is 42.5 Å². The third-order valence-corrected chi connectivity index (χ3v) is 4.19. The van der Waals surface area contributed by atoms with Gasteiger partial charge in [-0.05, 0) is 24.1 Å². The van der Waals surface area contributed by atoms with Gasteiger partial charge < -0.3 is 0 Å². The third-order valence-electron chi connectivity index (χ3n) is 2.97. The van der Waals surface area contributed by atoms with Crippen LogP contribution in [0.2, 0.25) is 0 Å². The Labute approximate surface area is 139 Å². The maximum atomic E-state index is 12.1. The predicted molar refractivity (Wildman–Crippen MR) is 92.0 cm³/mol. The highest BCUT2D eigenvalue weighted by atomic mass is 32.2. The Bertz CT molecular complexity index is 891. The standard InChI is InChI=1S/C16H15N3O4S/c1-13(10-14-6-3-2-4-7-14)12-17-18-24(22,23)16-9-5-8-15(11-16)19(20)21/h2-12,18H,1H3. The van der Waals surface area contributed by atoms with Crippen LogP contribution in [0.1, 0.15) is 12.5 Å². The van der Waals surface area contributed by atoms with Crippen molar-refractivity contribution in [3.8, 4) is 0 Å². The molecule has 0 saturated heterocycles. The second kappa shape index (κ2) is 7.51. The SMILES string of the molecule is CC(C=NNS(=O)(=O)c1cccc([N+](=O)[O-])c1)=Cc1ccccc1. The van der Waals surface area contributed by atoms with Gasteiger partial charge in [0.15, 0.2) is 0 Å². The molecule has 0 saturated carbocycles. The summed E-state index contributed by atoms with van der Waals surface area (Å²) in [5, 5.41) is 14.4. The number of nitro benzene ring substituents is 1. The van der Waals surface area contributed by atoms with E-state index in [0.29, 0.717) is 0 Å². The summed E-state index contributed by atoms with van der Waals surface area (Å²) in [5.41, 5.74) is 1.40. The van der Waals surface area contributed by atoms with Crippen molar-refractivity contribution in [2.75, 3.05) is 0 Å². The van der Waals surface area contributed by atoms with Crippen LogP contribution in [0.3, 0.4) is 0 Å². The van der Waals surface area contributed by atoms with Gasteiger partial charge in [0.25, 0.3) is 15.7 Å². The van der Waals surface area contributed by atoms with E-state index in [1.54, 1.807) is 6.92 Å². The van der Waals surface area contributed by atoms with Gasteiger partial charge in [-0.2, -0.15) is 13.5 Å². The molecule has 2 aromatic rings. The number of nitro groups is 1. The lowest BCUT2D eigenvalue weighted by molar-refractivity contribution is -0.385. The van der Waals surface area contributed by atoms with E-state index in [9.17, 15) is 18.5 Å². The van der Waals surface area contributed by atoms with E-state index in [1.165, 1.54) is 24.4 Å². The number of rotatable bonds is 6. The first kappa shape index (κ1) is 17.4. The van der Waals surface area contributed by atoms with E-state index in [2.05, 4.69) is 5.10 Å². The molecule has 0 unspecified atom stereocenters. The molecule has 0 heterocycles. The summed E-state index contributed by atoms with van der Waals surface area (Å²) in [7, 11) is -3.96. The van der Waals surface area contributed by atoms with Crippen molar-refractivity contribution in [1.82, 2.24) is 4.83 Å². The van der Waals surface area contributed by atoms with E-state index >= 15 is 0 Å². The monoisotopic (exact) mass is 345 g/mol. The molecule has 1 N–H and O–H groups in total. The number of allylic oxidation sites excluding steroid dienone is 1. The Morgan fingerprint density at radius 2 is 1.88 bits per heavy atom. The molecule has 8 heteroatoms. The zero-order valence-corrected chi connectivity index (χ0v) is 13.6. The van der Waals surface area contributed by atoms with Crippen molar-refractivity contribution in [2.45, 2.75) is 11.8 Å². The van der Waals surface area contributed by atoms with Crippen LogP contribution in [0.15, 0.2) is 70.2 Å². The summed E-state index contributed by atoms with van der Waals surface area (Å²) < 4.78 is 24.2. The molecule has 0 aliphatic heterocycles. The van der Waals surface area contributed by atoms with E-state index < -0.39 is 14.9 Å². The minimum absolute atomic E-state index is 0.224. The molecule has 2 rings (SSSR count). The van der Waals surface area contributed by atoms with Crippen LogP contribution in [-0.4, -0.2) is 19.6 Å². The number of nitrogens with zero attached hydrogens (tertiary/aromatic N) is 2. The largest absolute Gasteiger partial charge is 0.276 e. The number of hydrogen-bond donors (Lipinski definition) is 1. The first-order valence-corrected chi connectivity index (χ1v) is 8.39. The Morgan fingerprint density at radius 3 is 2.54 bits per heavy atom. The quantitative estimate of drug-likeness (QED) is 0.494. The smallest absolute Gasteiger partial charge is 0.258 e. The van der Waals surface area contributed by atoms with Crippen LogP contribution in [0.5, 0.6) is 0 Å². The molecule has 0 amide bonds. The van der Waals surface area contributed by atoms with Gasteiger partial charge in [-0.25, -0.2) is 4.83 Å². The molecule has 0 atom stereocenters. The zero-order chi connectivity index (χ0) is 17.6. The highest BCUT2D eigenvalue weighted by Crippen LogP contribution is 2.17. The fourth-order valence-corrected chi connectivity index (χ4v) is 2.69. The van der Waals surface area contributed by atoms with E-state index in [1.807, 2.05) is 41.2 Å². The lowest BCUT2D eigenvalue weighted by Gasteiger charge is -2.03. The molecule has 0 fully saturated rings. The second-order valence-corrected chi connectivity index (χ2v) is 6.57. The molecule has 0 spiro atoms. The van der Waals surface area contributed by atoms with Gasteiger partial charge in [0.1, 0.15) is 0 Å². The molecule has 0 bridgehead atoms.